The van der Waals surface area contributed by atoms with E-state index < -0.39 is 0 Å². The molecule has 1 heterocycles. The van der Waals surface area contributed by atoms with Crippen molar-refractivity contribution in [3.05, 3.63) is 41.8 Å². The van der Waals surface area contributed by atoms with Gasteiger partial charge >= 0.3 is 0 Å². The van der Waals surface area contributed by atoms with Gasteiger partial charge in [-0.2, -0.15) is 0 Å². The van der Waals surface area contributed by atoms with E-state index in [1.807, 2.05) is 24.3 Å². The van der Waals surface area contributed by atoms with Crippen molar-refractivity contribution in [3.63, 3.8) is 0 Å². The van der Waals surface area contributed by atoms with E-state index in [9.17, 15) is 0 Å². The summed E-state index contributed by atoms with van der Waals surface area (Å²) in [5.41, 5.74) is 7.15. The first kappa shape index (κ1) is 9.97. The van der Waals surface area contributed by atoms with Crippen molar-refractivity contribution in [2.75, 3.05) is 13.1 Å². The summed E-state index contributed by atoms with van der Waals surface area (Å²) < 4.78 is 0. The average molecular weight is 201 g/mol. The number of hydrogen-bond donors (Lipinski definition) is 0. The van der Waals surface area contributed by atoms with Crippen LogP contribution in [0.1, 0.15) is 19.4 Å². The molecule has 0 spiro atoms. The molecule has 2 rings (SSSR count). The van der Waals surface area contributed by atoms with Gasteiger partial charge in [0, 0.05) is 19.2 Å². The largest absolute Gasteiger partial charge is 0.557 e. The molecular formula is C12H15N3. The van der Waals surface area contributed by atoms with E-state index in [0.29, 0.717) is 5.70 Å². The van der Waals surface area contributed by atoms with Gasteiger partial charge in [0.15, 0.2) is 0 Å². The number of nitrogens with zero attached hydrogens (tertiary/aromatic N) is 3. The predicted molar refractivity (Wildman–Crippen MR) is 61.9 cm³/mol. The zero-order valence-electron chi connectivity index (χ0n) is 9.14. The quantitative estimate of drug-likeness (QED) is 0.701. The molecule has 1 aromatic carbocycles. The van der Waals surface area contributed by atoms with Crippen LogP contribution in [-0.4, -0.2) is 23.2 Å². The number of benzene rings is 1. The predicted octanol–water partition coefficient (Wildman–Crippen LogP) is 2.95. The topological polar surface area (TPSA) is 20.6 Å². The lowest BCUT2D eigenvalue weighted by atomic mass is 10.1. The van der Waals surface area contributed by atoms with E-state index in [2.05, 4.69) is 24.3 Å². The average Bonchev–Trinajstić information content (AvgIpc) is 2.60. The smallest absolute Gasteiger partial charge is 0.263 e. The summed E-state index contributed by atoms with van der Waals surface area (Å²) in [6.07, 6.45) is 0. The minimum atomic E-state index is 0.717. The van der Waals surface area contributed by atoms with Crippen LogP contribution in [0.3, 0.4) is 0 Å². The van der Waals surface area contributed by atoms with Gasteiger partial charge in [-0.15, -0.1) is 0 Å². The van der Waals surface area contributed by atoms with E-state index in [0.717, 1.165) is 24.3 Å². The summed E-state index contributed by atoms with van der Waals surface area (Å²) in [5.74, 6) is 0. The summed E-state index contributed by atoms with van der Waals surface area (Å²) in [4.78, 5) is 0. The number of rotatable bonds is 3. The third-order valence-corrected chi connectivity index (χ3v) is 2.60. The normalized spacial score (nSPS) is 14.3. The van der Waals surface area contributed by atoms with Crippen molar-refractivity contribution in [2.45, 2.75) is 13.8 Å². The first-order valence-corrected chi connectivity index (χ1v) is 5.26. The molecule has 0 aromatic heterocycles. The van der Waals surface area contributed by atoms with Crippen LogP contribution in [0.15, 0.2) is 24.3 Å². The van der Waals surface area contributed by atoms with Crippen molar-refractivity contribution in [2.24, 2.45) is 0 Å². The number of hydrogen-bond acceptors (Lipinski definition) is 2. The molecule has 0 radical (unpaired) electrons. The second kappa shape index (κ2) is 3.89. The summed E-state index contributed by atoms with van der Waals surface area (Å²) >= 11 is 0. The lowest BCUT2D eigenvalue weighted by Gasteiger charge is -2.38. The molecule has 0 N–H and O–H groups in total. The third-order valence-electron chi connectivity index (χ3n) is 2.60. The van der Waals surface area contributed by atoms with E-state index in [4.69, 9.17) is 6.58 Å². The molecule has 0 bridgehead atoms. The van der Waals surface area contributed by atoms with E-state index in [1.165, 1.54) is 0 Å². The van der Waals surface area contributed by atoms with E-state index in [1.54, 1.807) is 5.12 Å². The summed E-state index contributed by atoms with van der Waals surface area (Å²) in [6, 6.07) is 7.93. The SMILES string of the molecule is [CH+]=C1c2ccccc2[N-]N1N(CC)CC. The zero-order chi connectivity index (χ0) is 10.8. The van der Waals surface area contributed by atoms with Crippen LogP contribution in [0.5, 0.6) is 0 Å². The van der Waals surface area contributed by atoms with Gasteiger partial charge in [0.1, 0.15) is 5.56 Å². The fraction of sp³-hybridized carbons (Fsp3) is 0.333. The Hall–Kier alpha value is -1.57. The monoisotopic (exact) mass is 201 g/mol. The second-order valence-corrected chi connectivity index (χ2v) is 3.43. The first-order valence-electron chi connectivity index (χ1n) is 5.26. The van der Waals surface area contributed by atoms with Gasteiger partial charge in [-0.3, -0.25) is 0 Å². The van der Waals surface area contributed by atoms with Crippen molar-refractivity contribution < 1.29 is 0 Å². The molecule has 0 saturated heterocycles. The lowest BCUT2D eigenvalue weighted by molar-refractivity contribution is 0.0895. The highest BCUT2D eigenvalue weighted by molar-refractivity contribution is 5.81. The first-order chi connectivity index (χ1) is 7.27. The molecule has 0 aliphatic carbocycles. The van der Waals surface area contributed by atoms with Crippen LogP contribution < -0.4 is 0 Å². The van der Waals surface area contributed by atoms with Crippen LogP contribution in [0.2, 0.25) is 0 Å². The zero-order valence-corrected chi connectivity index (χ0v) is 9.14. The minimum Gasteiger partial charge on any atom is -0.557 e. The Morgan fingerprint density at radius 3 is 2.53 bits per heavy atom. The fourth-order valence-electron chi connectivity index (χ4n) is 1.75. The minimum absolute atomic E-state index is 0.717. The third kappa shape index (κ3) is 1.56. The van der Waals surface area contributed by atoms with Gasteiger partial charge in [0.2, 0.25) is 0 Å². The van der Waals surface area contributed by atoms with Gasteiger partial charge in [-0.25, -0.2) is 5.01 Å². The number of fused-ring (bicyclic) bond motifs is 1. The Bertz CT molecular complexity index is 369. The second-order valence-electron chi connectivity index (χ2n) is 3.43. The molecule has 0 amide bonds. The highest BCUT2D eigenvalue weighted by Gasteiger charge is 2.24. The van der Waals surface area contributed by atoms with Gasteiger partial charge in [-0.05, 0) is 11.8 Å². The maximum absolute atomic E-state index is 6.05. The molecule has 1 aliphatic rings. The standard InChI is InChI=1S/C12H15N3/c1-4-14(5-2)15-10(3)11-8-6-7-9-12(11)13-15/h3,6-9H,4-5H2,1-2H3. The van der Waals surface area contributed by atoms with Crippen molar-refractivity contribution >= 4 is 11.4 Å². The molecule has 1 aromatic rings. The maximum atomic E-state index is 6.05. The fourth-order valence-corrected chi connectivity index (χ4v) is 1.75. The van der Waals surface area contributed by atoms with Crippen LogP contribution in [0, 0.1) is 6.58 Å². The Labute approximate surface area is 90.9 Å². The molecule has 0 atom stereocenters. The van der Waals surface area contributed by atoms with Crippen LogP contribution in [-0.2, 0) is 0 Å². The summed E-state index contributed by atoms with van der Waals surface area (Å²) in [7, 11) is 0. The highest BCUT2D eigenvalue weighted by atomic mass is 15.8. The molecule has 0 fully saturated rings. The van der Waals surface area contributed by atoms with Gasteiger partial charge in [0.25, 0.3) is 5.70 Å². The summed E-state index contributed by atoms with van der Waals surface area (Å²) in [6.45, 7) is 12.0. The lowest BCUT2D eigenvalue weighted by Crippen LogP contribution is -2.35. The molecule has 3 heteroatoms. The van der Waals surface area contributed by atoms with Gasteiger partial charge in [0.05, 0.1) is 6.58 Å². The molecule has 3 nitrogen and oxygen atoms in total. The van der Waals surface area contributed by atoms with Crippen LogP contribution in [0.25, 0.3) is 11.1 Å². The van der Waals surface area contributed by atoms with E-state index in [-0.39, 0.29) is 0 Å². The highest BCUT2D eigenvalue weighted by Crippen LogP contribution is 2.41. The Morgan fingerprint density at radius 1 is 1.27 bits per heavy atom. The van der Waals surface area contributed by atoms with Gasteiger partial charge < -0.3 is 10.5 Å². The Kier molecular flexibility index (Phi) is 2.58. The molecule has 0 saturated carbocycles. The van der Waals surface area contributed by atoms with Crippen LogP contribution in [0.4, 0.5) is 5.69 Å². The molecule has 0 unspecified atom stereocenters. The molecular weight excluding hydrogens is 186 g/mol. The van der Waals surface area contributed by atoms with Gasteiger partial charge in [-0.1, -0.05) is 26.0 Å². The van der Waals surface area contributed by atoms with Crippen LogP contribution >= 0.6 is 0 Å². The Balaban J connectivity index is 2.27. The van der Waals surface area contributed by atoms with Crippen molar-refractivity contribution in [1.82, 2.24) is 10.1 Å². The summed E-state index contributed by atoms with van der Waals surface area (Å²) in [5, 5.41) is 3.89. The van der Waals surface area contributed by atoms with E-state index >= 15 is 0 Å². The number of hydrazine groups is 1. The Morgan fingerprint density at radius 2 is 1.93 bits per heavy atom. The van der Waals surface area contributed by atoms with Crippen molar-refractivity contribution in [3.8, 4) is 0 Å². The molecule has 15 heavy (non-hydrogen) atoms. The maximum Gasteiger partial charge on any atom is 0.263 e. The van der Waals surface area contributed by atoms with Crippen molar-refractivity contribution in [1.29, 1.82) is 0 Å². The molecule has 78 valence electrons. The molecule has 1 aliphatic heterocycles.